The molecule has 0 amide bonds. The number of likely N-dealkylation sites (tertiary alicyclic amines) is 1. The van der Waals surface area contributed by atoms with Gasteiger partial charge >= 0.3 is 0 Å². The number of ether oxygens (including phenoxy) is 1. The average molecular weight is 449 g/mol. The molecular weight excluding hydrogens is 417 g/mol. The van der Waals surface area contributed by atoms with Crippen molar-refractivity contribution in [2.75, 3.05) is 39.4 Å². The lowest BCUT2D eigenvalue weighted by Gasteiger charge is -2.33. The normalized spacial score (nSPS) is 16.1. The minimum atomic E-state index is 0. The molecule has 0 aliphatic carbocycles. The standard InChI is InChI=1S/C18H31N3O2.HI/c1-3-22-14-5-10-19-18(21-12-8-16(2)9-13-21)20-11-7-17-6-4-15-23-17;/h4,6,15-16H,3,5,7-14H2,1-2H3,(H,19,20);1H. The molecule has 1 aliphatic heterocycles. The molecule has 0 unspecified atom stereocenters. The van der Waals surface area contributed by atoms with Gasteiger partial charge in [0.15, 0.2) is 5.96 Å². The number of furan rings is 1. The molecule has 1 fully saturated rings. The summed E-state index contributed by atoms with van der Waals surface area (Å²) in [7, 11) is 0. The number of hydrogen-bond acceptors (Lipinski definition) is 3. The van der Waals surface area contributed by atoms with Crippen LogP contribution in [0.3, 0.4) is 0 Å². The van der Waals surface area contributed by atoms with Crippen LogP contribution in [-0.2, 0) is 11.2 Å². The maximum atomic E-state index is 5.39. The largest absolute Gasteiger partial charge is 0.469 e. The molecule has 1 saturated heterocycles. The monoisotopic (exact) mass is 449 g/mol. The van der Waals surface area contributed by atoms with Gasteiger partial charge in [-0.2, -0.15) is 0 Å². The molecule has 1 aliphatic rings. The van der Waals surface area contributed by atoms with Crippen LogP contribution in [0.15, 0.2) is 27.8 Å². The molecule has 0 aromatic carbocycles. The Bertz CT molecular complexity index is 443. The van der Waals surface area contributed by atoms with Crippen molar-refractivity contribution < 1.29 is 9.15 Å². The number of aliphatic imine (C=N–C) groups is 1. The minimum Gasteiger partial charge on any atom is -0.469 e. The number of halogens is 1. The van der Waals surface area contributed by atoms with E-state index < -0.39 is 0 Å². The maximum absolute atomic E-state index is 5.39. The molecule has 0 saturated carbocycles. The van der Waals surface area contributed by atoms with Gasteiger partial charge in [-0.15, -0.1) is 24.0 Å². The lowest BCUT2D eigenvalue weighted by atomic mass is 9.99. The van der Waals surface area contributed by atoms with Crippen LogP contribution in [0, 0.1) is 5.92 Å². The van der Waals surface area contributed by atoms with Crippen molar-refractivity contribution >= 4 is 29.9 Å². The van der Waals surface area contributed by atoms with E-state index in [1.807, 2.05) is 19.1 Å². The summed E-state index contributed by atoms with van der Waals surface area (Å²) in [5.41, 5.74) is 0. The predicted octanol–water partition coefficient (Wildman–Crippen LogP) is 3.54. The lowest BCUT2D eigenvalue weighted by molar-refractivity contribution is 0.146. The van der Waals surface area contributed by atoms with Crippen molar-refractivity contribution in [2.24, 2.45) is 10.9 Å². The quantitative estimate of drug-likeness (QED) is 0.286. The van der Waals surface area contributed by atoms with Crippen LogP contribution in [0.5, 0.6) is 0 Å². The molecule has 5 nitrogen and oxygen atoms in total. The molecule has 0 radical (unpaired) electrons. The van der Waals surface area contributed by atoms with Crippen molar-refractivity contribution in [1.82, 2.24) is 10.2 Å². The molecule has 2 heterocycles. The van der Waals surface area contributed by atoms with E-state index in [0.717, 1.165) is 69.9 Å². The fourth-order valence-electron chi connectivity index (χ4n) is 2.74. The molecule has 0 atom stereocenters. The Kier molecular flexibility index (Phi) is 11.2. The highest BCUT2D eigenvalue weighted by atomic mass is 127. The van der Waals surface area contributed by atoms with Gasteiger partial charge in [0.25, 0.3) is 0 Å². The van der Waals surface area contributed by atoms with Crippen LogP contribution in [0.2, 0.25) is 0 Å². The summed E-state index contributed by atoms with van der Waals surface area (Å²) in [5, 5.41) is 3.51. The number of hydrogen-bond donors (Lipinski definition) is 1. The SMILES string of the molecule is CCOCCCN=C(NCCc1ccco1)N1CCC(C)CC1.I. The highest BCUT2D eigenvalue weighted by molar-refractivity contribution is 14.0. The molecule has 1 aromatic heterocycles. The fourth-order valence-corrected chi connectivity index (χ4v) is 2.74. The first kappa shape index (κ1) is 21.3. The third-order valence-electron chi connectivity index (χ3n) is 4.23. The van der Waals surface area contributed by atoms with Gasteiger partial charge in [-0.1, -0.05) is 6.92 Å². The minimum absolute atomic E-state index is 0. The van der Waals surface area contributed by atoms with Gasteiger partial charge in [-0.25, -0.2) is 0 Å². The van der Waals surface area contributed by atoms with Crippen LogP contribution < -0.4 is 5.32 Å². The lowest BCUT2D eigenvalue weighted by Crippen LogP contribution is -2.46. The van der Waals surface area contributed by atoms with Crippen molar-refractivity contribution in [3.8, 4) is 0 Å². The molecule has 2 rings (SSSR count). The zero-order chi connectivity index (χ0) is 16.3. The van der Waals surface area contributed by atoms with Crippen LogP contribution in [0.25, 0.3) is 0 Å². The third-order valence-corrected chi connectivity index (χ3v) is 4.23. The first-order chi connectivity index (χ1) is 11.3. The third kappa shape index (κ3) is 7.88. The second kappa shape index (κ2) is 12.6. The van der Waals surface area contributed by atoms with Gasteiger partial charge in [0.1, 0.15) is 5.76 Å². The summed E-state index contributed by atoms with van der Waals surface area (Å²) in [4.78, 5) is 7.18. The first-order valence-corrected chi connectivity index (χ1v) is 8.93. The summed E-state index contributed by atoms with van der Waals surface area (Å²) < 4.78 is 10.8. The van der Waals surface area contributed by atoms with Gasteiger partial charge in [-0.3, -0.25) is 4.99 Å². The summed E-state index contributed by atoms with van der Waals surface area (Å²) in [6.07, 6.45) is 6.08. The Morgan fingerprint density at radius 2 is 2.21 bits per heavy atom. The predicted molar refractivity (Wildman–Crippen MR) is 109 cm³/mol. The summed E-state index contributed by atoms with van der Waals surface area (Å²) in [6.45, 7) is 9.79. The Labute approximate surface area is 163 Å². The number of nitrogens with zero attached hydrogens (tertiary/aromatic N) is 2. The second-order valence-corrected chi connectivity index (χ2v) is 6.18. The van der Waals surface area contributed by atoms with E-state index in [4.69, 9.17) is 14.1 Å². The highest BCUT2D eigenvalue weighted by Crippen LogP contribution is 2.16. The molecule has 0 bridgehead atoms. The van der Waals surface area contributed by atoms with Gasteiger partial charge in [-0.05, 0) is 44.2 Å². The van der Waals surface area contributed by atoms with Crippen molar-refractivity contribution in [1.29, 1.82) is 0 Å². The Morgan fingerprint density at radius 3 is 2.88 bits per heavy atom. The zero-order valence-corrected chi connectivity index (χ0v) is 17.3. The number of rotatable bonds is 8. The Hall–Kier alpha value is -0.760. The van der Waals surface area contributed by atoms with E-state index in [0.29, 0.717) is 0 Å². The topological polar surface area (TPSA) is 50.0 Å². The van der Waals surface area contributed by atoms with Crippen molar-refractivity contribution in [3.05, 3.63) is 24.2 Å². The Morgan fingerprint density at radius 1 is 1.42 bits per heavy atom. The first-order valence-electron chi connectivity index (χ1n) is 8.93. The summed E-state index contributed by atoms with van der Waals surface area (Å²) >= 11 is 0. The smallest absolute Gasteiger partial charge is 0.193 e. The van der Waals surface area contributed by atoms with Crippen molar-refractivity contribution in [3.63, 3.8) is 0 Å². The van der Waals surface area contributed by atoms with Crippen LogP contribution in [0.4, 0.5) is 0 Å². The molecule has 0 spiro atoms. The van der Waals surface area contributed by atoms with Crippen LogP contribution in [-0.4, -0.2) is 50.3 Å². The van der Waals surface area contributed by atoms with Gasteiger partial charge < -0.3 is 19.4 Å². The summed E-state index contributed by atoms with van der Waals surface area (Å²) in [6, 6.07) is 3.95. The second-order valence-electron chi connectivity index (χ2n) is 6.18. The van der Waals surface area contributed by atoms with Crippen LogP contribution in [0.1, 0.15) is 38.9 Å². The van der Waals surface area contributed by atoms with E-state index in [-0.39, 0.29) is 24.0 Å². The molecule has 1 N–H and O–H groups in total. The van der Waals surface area contributed by atoms with E-state index in [1.54, 1.807) is 6.26 Å². The number of nitrogens with one attached hydrogen (secondary N) is 1. The maximum Gasteiger partial charge on any atom is 0.193 e. The summed E-state index contributed by atoms with van der Waals surface area (Å²) in [5.74, 6) is 2.88. The van der Waals surface area contributed by atoms with Crippen molar-refractivity contribution in [2.45, 2.75) is 39.5 Å². The molecular formula is C18H32IN3O2. The Balaban J connectivity index is 0.00000288. The van der Waals surface area contributed by atoms with Gasteiger partial charge in [0.2, 0.25) is 0 Å². The molecule has 24 heavy (non-hydrogen) atoms. The number of guanidine groups is 1. The highest BCUT2D eigenvalue weighted by Gasteiger charge is 2.18. The van der Waals surface area contributed by atoms with E-state index in [1.165, 1.54) is 12.8 Å². The fraction of sp³-hybridized carbons (Fsp3) is 0.722. The van der Waals surface area contributed by atoms with Crippen LogP contribution >= 0.6 is 24.0 Å². The molecule has 6 heteroatoms. The number of piperidine rings is 1. The van der Waals surface area contributed by atoms with E-state index >= 15 is 0 Å². The molecule has 1 aromatic rings. The van der Waals surface area contributed by atoms with Gasteiger partial charge in [0.05, 0.1) is 6.26 Å². The van der Waals surface area contributed by atoms with Gasteiger partial charge in [0, 0.05) is 45.8 Å². The molecule has 138 valence electrons. The van der Waals surface area contributed by atoms with E-state index in [9.17, 15) is 0 Å². The van der Waals surface area contributed by atoms with E-state index in [2.05, 4.69) is 17.1 Å². The zero-order valence-electron chi connectivity index (χ0n) is 15.0. The average Bonchev–Trinajstić information content (AvgIpc) is 3.07.